The van der Waals surface area contributed by atoms with E-state index in [0.717, 1.165) is 43.5 Å². The van der Waals surface area contributed by atoms with Crippen molar-refractivity contribution in [3.05, 3.63) is 82.1 Å². The number of halogens is 1. The van der Waals surface area contributed by atoms with Gasteiger partial charge in [0.25, 0.3) is 10.1 Å². The van der Waals surface area contributed by atoms with Gasteiger partial charge in [0.1, 0.15) is 22.6 Å². The number of nitrogens with one attached hydrogen (secondary N) is 1. The average Bonchev–Trinajstić information content (AvgIpc) is 3.35. The number of aromatic nitrogens is 1. The van der Waals surface area contributed by atoms with Crippen molar-refractivity contribution in [2.45, 2.75) is 114 Å². The van der Waals surface area contributed by atoms with Crippen LogP contribution in [0.2, 0.25) is 5.02 Å². The van der Waals surface area contributed by atoms with Crippen molar-refractivity contribution in [2.24, 2.45) is 11.8 Å². The first-order chi connectivity index (χ1) is 24.1. The molecule has 6 rings (SSSR count). The summed E-state index contributed by atoms with van der Waals surface area (Å²) in [5.41, 5.74) is 3.25. The third kappa shape index (κ3) is 8.34. The summed E-state index contributed by atoms with van der Waals surface area (Å²) in [5.74, 6) is 1.24. The van der Waals surface area contributed by atoms with E-state index in [1.165, 1.54) is 16.7 Å². The molecule has 3 N–H and O–H groups in total. The molecular formula is C40H51ClN2O7S. The van der Waals surface area contributed by atoms with Gasteiger partial charge in [0.05, 0.1) is 12.4 Å². The van der Waals surface area contributed by atoms with Gasteiger partial charge < -0.3 is 19.9 Å². The van der Waals surface area contributed by atoms with Crippen LogP contribution in [-0.4, -0.2) is 52.5 Å². The van der Waals surface area contributed by atoms with Crippen molar-refractivity contribution in [2.75, 3.05) is 17.7 Å². The van der Waals surface area contributed by atoms with Crippen LogP contribution in [-0.2, 0) is 33.2 Å². The predicted octanol–water partition coefficient (Wildman–Crippen LogP) is 8.63. The van der Waals surface area contributed by atoms with Crippen LogP contribution in [0.1, 0.15) is 107 Å². The van der Waals surface area contributed by atoms with Crippen molar-refractivity contribution in [3.63, 3.8) is 0 Å². The monoisotopic (exact) mass is 738 g/mol. The van der Waals surface area contributed by atoms with Crippen molar-refractivity contribution in [1.29, 1.82) is 0 Å². The summed E-state index contributed by atoms with van der Waals surface area (Å²) in [6.07, 6.45) is 9.25. The number of carboxylic acids is 1. The minimum atomic E-state index is -4.13. The molecule has 0 amide bonds. The van der Waals surface area contributed by atoms with Crippen molar-refractivity contribution >= 4 is 33.4 Å². The van der Waals surface area contributed by atoms with E-state index >= 15 is 0 Å². The predicted molar refractivity (Wildman–Crippen MR) is 200 cm³/mol. The lowest BCUT2D eigenvalue weighted by atomic mass is 9.59. The minimum Gasteiger partial charge on any atom is -0.493 e. The number of nitrogens with zero attached hydrogens (tertiary/aromatic N) is 1. The van der Waals surface area contributed by atoms with Crippen molar-refractivity contribution < 1.29 is 32.3 Å². The topological polar surface area (TPSA) is 135 Å². The quantitative estimate of drug-likeness (QED) is 0.147. The zero-order valence-corrected chi connectivity index (χ0v) is 31.7. The average molecular weight is 739 g/mol. The molecule has 0 bridgehead atoms. The highest BCUT2D eigenvalue weighted by Crippen LogP contribution is 2.57. The van der Waals surface area contributed by atoms with Crippen LogP contribution < -0.4 is 14.8 Å². The Labute approximate surface area is 307 Å². The van der Waals surface area contributed by atoms with Crippen LogP contribution in [0.3, 0.4) is 0 Å². The highest BCUT2D eigenvalue weighted by molar-refractivity contribution is 7.85. The van der Waals surface area contributed by atoms with Crippen molar-refractivity contribution in [3.8, 4) is 11.5 Å². The summed E-state index contributed by atoms with van der Waals surface area (Å²) in [4.78, 5) is 17.6. The lowest BCUT2D eigenvalue weighted by molar-refractivity contribution is -0.144. The second-order valence-corrected chi connectivity index (χ2v) is 17.9. The van der Waals surface area contributed by atoms with Crippen molar-refractivity contribution in [1.82, 2.24) is 4.98 Å². The van der Waals surface area contributed by atoms with Gasteiger partial charge in [-0.1, -0.05) is 37.6 Å². The molecule has 0 saturated heterocycles. The maximum Gasteiger partial charge on any atom is 0.329 e. The minimum absolute atomic E-state index is 0.129. The molecule has 9 nitrogen and oxygen atoms in total. The Kier molecular flexibility index (Phi) is 10.7. The number of aliphatic carboxylic acids is 1. The van der Waals surface area contributed by atoms with E-state index in [-0.39, 0.29) is 23.7 Å². The third-order valence-electron chi connectivity index (χ3n) is 11.6. The molecule has 11 heteroatoms. The summed E-state index contributed by atoms with van der Waals surface area (Å²) in [6, 6.07) is 15.3. The van der Waals surface area contributed by atoms with Crippen LogP contribution in [0.25, 0.3) is 0 Å². The van der Waals surface area contributed by atoms with Gasteiger partial charge in [-0.2, -0.15) is 8.42 Å². The molecule has 0 aliphatic heterocycles. The first-order valence-corrected chi connectivity index (χ1v) is 20.2. The van der Waals surface area contributed by atoms with Crippen LogP contribution in [0.4, 0.5) is 5.69 Å². The van der Waals surface area contributed by atoms with E-state index < -0.39 is 33.0 Å². The highest BCUT2D eigenvalue weighted by Gasteiger charge is 2.54. The maximum atomic E-state index is 13.0. The van der Waals surface area contributed by atoms with E-state index in [1.807, 2.05) is 44.3 Å². The van der Waals surface area contributed by atoms with E-state index in [1.54, 1.807) is 12.1 Å². The number of pyridine rings is 1. The fourth-order valence-corrected chi connectivity index (χ4v) is 9.82. The number of fused-ring (bicyclic) bond motifs is 3. The molecular weight excluding hydrogens is 688 g/mol. The third-order valence-corrected chi connectivity index (χ3v) is 12.6. The molecule has 1 heterocycles. The molecule has 0 radical (unpaired) electrons. The number of hydrogen-bond acceptors (Lipinski definition) is 7. The van der Waals surface area contributed by atoms with Gasteiger partial charge in [-0.15, -0.1) is 0 Å². The Morgan fingerprint density at radius 2 is 1.90 bits per heavy atom. The zero-order valence-electron chi connectivity index (χ0n) is 30.1. The highest BCUT2D eigenvalue weighted by atomic mass is 35.5. The number of carbonyl (C=O) groups is 1. The summed E-state index contributed by atoms with van der Waals surface area (Å²) >= 11 is 6.26. The molecule has 276 valence electrons. The van der Waals surface area contributed by atoms with Crippen LogP contribution in [0, 0.1) is 11.8 Å². The Bertz CT molecular complexity index is 1850. The van der Waals surface area contributed by atoms with Gasteiger partial charge in [0.15, 0.2) is 0 Å². The molecule has 3 aromatic rings. The Hall–Kier alpha value is -3.34. The standard InChI is InChI=1S/C40H51ClN2O7S/c1-26(25-49-35-13-19-42-34-10-5-7-27(2)36(34)35)21-29-22-28-11-12-32(50-38(3,4)18-20-51(46,47)48)24-33(28)39(29)14-16-40(17-15-39,37(44)45)43-31-9-6-8-30(41)23-31/h6,8-9,11-13,19,23-24,26-27,29,43H,5,7,10,14-18,20-22,25H2,1-4H3,(H,44,45)(H,46,47,48)/t26-,27-,29?,39?,40?/m1/s1. The maximum absolute atomic E-state index is 13.0. The fourth-order valence-electron chi connectivity index (χ4n) is 8.89. The largest absolute Gasteiger partial charge is 0.493 e. The SMILES string of the molecule is C[C@@H](COc1ccnc2c1[C@H](C)CCC2)CC1Cc2ccc(OC(C)(C)CCS(=O)(=O)O)cc2C12CCC(Nc1cccc(Cl)c1)(C(=O)O)CC2. The molecule has 3 aliphatic rings. The normalized spacial score (nSPS) is 25.1. The number of ether oxygens (including phenoxy) is 2. The first kappa shape index (κ1) is 37.4. The molecule has 3 aliphatic carbocycles. The molecule has 1 spiro atoms. The summed E-state index contributed by atoms with van der Waals surface area (Å²) in [6.45, 7) is 8.71. The van der Waals surface area contributed by atoms with Gasteiger partial charge in [-0.05, 0) is 142 Å². The van der Waals surface area contributed by atoms with Gasteiger partial charge in [0, 0.05) is 34.6 Å². The Morgan fingerprint density at radius 1 is 1.14 bits per heavy atom. The lowest BCUT2D eigenvalue weighted by Crippen LogP contribution is -2.53. The van der Waals surface area contributed by atoms with E-state index in [0.29, 0.717) is 54.7 Å². The summed E-state index contributed by atoms with van der Waals surface area (Å²) in [7, 11) is -4.13. The first-order valence-electron chi connectivity index (χ1n) is 18.2. The van der Waals surface area contributed by atoms with Crippen LogP contribution in [0.15, 0.2) is 54.7 Å². The number of carboxylic acid groups (broad SMARTS) is 1. The number of anilines is 1. The van der Waals surface area contributed by atoms with E-state index in [9.17, 15) is 22.9 Å². The molecule has 1 unspecified atom stereocenters. The Balaban J connectivity index is 1.26. The molecule has 2 aromatic carbocycles. The Morgan fingerprint density at radius 3 is 2.61 bits per heavy atom. The molecule has 3 atom stereocenters. The molecule has 1 fully saturated rings. The second-order valence-electron chi connectivity index (χ2n) is 15.9. The van der Waals surface area contributed by atoms with Gasteiger partial charge >= 0.3 is 5.97 Å². The summed E-state index contributed by atoms with van der Waals surface area (Å²) < 4.78 is 45.2. The van der Waals surface area contributed by atoms with E-state index in [2.05, 4.69) is 36.3 Å². The smallest absolute Gasteiger partial charge is 0.329 e. The number of hydrogen-bond donors (Lipinski definition) is 3. The summed E-state index contributed by atoms with van der Waals surface area (Å²) in [5, 5.41) is 14.5. The number of aryl methyl sites for hydroxylation is 1. The van der Waals surface area contributed by atoms with Crippen LogP contribution >= 0.6 is 11.6 Å². The number of benzene rings is 2. The lowest BCUT2D eigenvalue weighted by Gasteiger charge is -2.47. The van der Waals surface area contributed by atoms with Gasteiger partial charge in [0.2, 0.25) is 0 Å². The molecule has 1 aromatic heterocycles. The van der Waals surface area contributed by atoms with Gasteiger partial charge in [-0.25, -0.2) is 4.79 Å². The number of rotatable bonds is 13. The molecule has 1 saturated carbocycles. The second kappa shape index (κ2) is 14.6. The van der Waals surface area contributed by atoms with E-state index in [4.69, 9.17) is 21.1 Å². The fraction of sp³-hybridized carbons (Fsp3) is 0.550. The van der Waals surface area contributed by atoms with Crippen LogP contribution in [0.5, 0.6) is 11.5 Å². The molecule has 51 heavy (non-hydrogen) atoms. The van der Waals surface area contributed by atoms with Gasteiger partial charge in [-0.3, -0.25) is 9.54 Å². The zero-order chi connectivity index (χ0) is 36.6.